The van der Waals surface area contributed by atoms with Crippen LogP contribution in [0.3, 0.4) is 0 Å². The second-order valence-corrected chi connectivity index (χ2v) is 2.92. The van der Waals surface area contributed by atoms with Gasteiger partial charge in [0.2, 0.25) is 0 Å². The van der Waals surface area contributed by atoms with Crippen molar-refractivity contribution >= 4 is 0 Å². The number of ether oxygens (including phenoxy) is 1. The minimum Gasteiger partial charge on any atom is -0.368 e. The van der Waals surface area contributed by atoms with E-state index in [1.54, 1.807) is 0 Å². The van der Waals surface area contributed by atoms with Gasteiger partial charge in [-0.25, -0.2) is 0 Å². The zero-order chi connectivity index (χ0) is 7.98. The van der Waals surface area contributed by atoms with Crippen molar-refractivity contribution < 1.29 is 9.84 Å². The van der Waals surface area contributed by atoms with E-state index in [0.29, 0.717) is 18.9 Å². The lowest BCUT2D eigenvalue weighted by Crippen LogP contribution is -2.12. The maximum absolute atomic E-state index is 8.95. The number of aliphatic hydroxyl groups is 1. The van der Waals surface area contributed by atoms with E-state index in [1.807, 2.05) is 6.92 Å². The minimum absolute atomic E-state index is 0.557. The molecule has 0 rings (SSSR count). The van der Waals surface area contributed by atoms with Crippen LogP contribution in [0.2, 0.25) is 0 Å². The molecule has 1 atom stereocenters. The first kappa shape index (κ1) is 9.92. The topological polar surface area (TPSA) is 29.5 Å². The van der Waals surface area contributed by atoms with Crippen molar-refractivity contribution in [3.05, 3.63) is 0 Å². The van der Waals surface area contributed by atoms with Crippen LogP contribution in [0.5, 0.6) is 0 Å². The van der Waals surface area contributed by atoms with Gasteiger partial charge in [-0.05, 0) is 18.8 Å². The van der Waals surface area contributed by atoms with E-state index < -0.39 is 6.29 Å². The predicted molar refractivity (Wildman–Crippen MR) is 41.7 cm³/mol. The average molecular weight is 146 g/mol. The molecule has 0 aromatic rings. The predicted octanol–water partition coefficient (Wildman–Crippen LogP) is 1.78. The Labute approximate surface area is 63.2 Å². The molecule has 0 aliphatic carbocycles. The number of aliphatic hydroxyl groups excluding tert-OH is 1. The third-order valence-corrected chi connectivity index (χ3v) is 1.35. The summed E-state index contributed by atoms with van der Waals surface area (Å²) in [7, 11) is 0. The van der Waals surface area contributed by atoms with Gasteiger partial charge in [0.25, 0.3) is 0 Å². The highest BCUT2D eigenvalue weighted by atomic mass is 16.6. The summed E-state index contributed by atoms with van der Waals surface area (Å²) in [6, 6.07) is 0. The zero-order valence-corrected chi connectivity index (χ0v) is 7.13. The molecule has 2 heteroatoms. The van der Waals surface area contributed by atoms with Crippen molar-refractivity contribution in [3.63, 3.8) is 0 Å². The number of rotatable bonds is 5. The standard InChI is InChI=1S/C8H18O2/c1-4-8(9)10-6-5-7(2)3/h7-9H,4-6H2,1-3H3. The molecule has 0 saturated heterocycles. The zero-order valence-electron chi connectivity index (χ0n) is 7.13. The molecule has 0 fully saturated rings. The molecule has 0 aliphatic heterocycles. The van der Waals surface area contributed by atoms with Crippen LogP contribution in [0.1, 0.15) is 33.6 Å². The summed E-state index contributed by atoms with van der Waals surface area (Å²) in [6.07, 6.45) is 1.15. The second kappa shape index (κ2) is 5.69. The van der Waals surface area contributed by atoms with Gasteiger partial charge in [0.05, 0.1) is 0 Å². The normalized spacial score (nSPS) is 14.1. The molecule has 0 aliphatic rings. The van der Waals surface area contributed by atoms with Gasteiger partial charge >= 0.3 is 0 Å². The van der Waals surface area contributed by atoms with Crippen LogP contribution in [0.25, 0.3) is 0 Å². The van der Waals surface area contributed by atoms with Crippen LogP contribution in [0, 0.1) is 5.92 Å². The Morgan fingerprint density at radius 1 is 1.40 bits per heavy atom. The van der Waals surface area contributed by atoms with Crippen LogP contribution >= 0.6 is 0 Å². The molecular formula is C8H18O2. The van der Waals surface area contributed by atoms with Gasteiger partial charge in [0.15, 0.2) is 6.29 Å². The smallest absolute Gasteiger partial charge is 0.154 e. The molecule has 0 aromatic carbocycles. The van der Waals surface area contributed by atoms with E-state index in [1.165, 1.54) is 0 Å². The summed E-state index contributed by atoms with van der Waals surface area (Å²) in [5, 5.41) is 8.95. The molecule has 0 amide bonds. The average Bonchev–Trinajstić information content (AvgIpc) is 1.87. The number of hydrogen-bond acceptors (Lipinski definition) is 2. The first-order valence-electron chi connectivity index (χ1n) is 3.96. The van der Waals surface area contributed by atoms with Crippen molar-refractivity contribution in [1.29, 1.82) is 0 Å². The summed E-state index contributed by atoms with van der Waals surface area (Å²) >= 11 is 0. The lowest BCUT2D eigenvalue weighted by Gasteiger charge is -2.10. The lowest BCUT2D eigenvalue weighted by atomic mass is 10.1. The molecule has 0 spiro atoms. The van der Waals surface area contributed by atoms with Crippen molar-refractivity contribution in [2.75, 3.05) is 6.61 Å². The van der Waals surface area contributed by atoms with Crippen LogP contribution in [0.4, 0.5) is 0 Å². The quantitative estimate of drug-likeness (QED) is 0.599. The lowest BCUT2D eigenvalue weighted by molar-refractivity contribution is -0.102. The molecule has 62 valence electrons. The summed E-state index contributed by atoms with van der Waals surface area (Å²) in [6.45, 7) is 6.86. The van der Waals surface area contributed by atoms with Gasteiger partial charge in [-0.2, -0.15) is 0 Å². The number of hydrogen-bond donors (Lipinski definition) is 1. The maximum Gasteiger partial charge on any atom is 0.154 e. The van der Waals surface area contributed by atoms with Gasteiger partial charge in [0, 0.05) is 6.61 Å². The van der Waals surface area contributed by atoms with Gasteiger partial charge in [0.1, 0.15) is 0 Å². The molecule has 10 heavy (non-hydrogen) atoms. The molecule has 1 N–H and O–H groups in total. The van der Waals surface area contributed by atoms with Crippen molar-refractivity contribution in [2.24, 2.45) is 5.92 Å². The first-order chi connectivity index (χ1) is 4.66. The fraction of sp³-hybridized carbons (Fsp3) is 1.00. The Hall–Kier alpha value is -0.0800. The highest BCUT2D eigenvalue weighted by Gasteiger charge is 1.99. The van der Waals surface area contributed by atoms with Crippen LogP contribution < -0.4 is 0 Å². The first-order valence-corrected chi connectivity index (χ1v) is 3.96. The molecule has 2 nitrogen and oxygen atoms in total. The largest absolute Gasteiger partial charge is 0.368 e. The van der Waals surface area contributed by atoms with Crippen LogP contribution in [0.15, 0.2) is 0 Å². The Morgan fingerprint density at radius 2 is 2.00 bits per heavy atom. The Balaban J connectivity index is 3.03. The third-order valence-electron chi connectivity index (χ3n) is 1.35. The summed E-state index contributed by atoms with van der Waals surface area (Å²) in [4.78, 5) is 0. The Kier molecular flexibility index (Phi) is 5.64. The van der Waals surface area contributed by atoms with E-state index in [0.717, 1.165) is 6.42 Å². The molecule has 0 heterocycles. The highest BCUT2D eigenvalue weighted by molar-refractivity contribution is 4.43. The summed E-state index contributed by atoms with van der Waals surface area (Å²) < 4.78 is 5.06. The molecule has 0 radical (unpaired) electrons. The minimum atomic E-state index is -0.557. The van der Waals surface area contributed by atoms with Crippen molar-refractivity contribution in [2.45, 2.75) is 39.9 Å². The van der Waals surface area contributed by atoms with Crippen LogP contribution in [-0.4, -0.2) is 18.0 Å². The Morgan fingerprint density at radius 3 is 2.40 bits per heavy atom. The van der Waals surface area contributed by atoms with Gasteiger partial charge < -0.3 is 9.84 Å². The van der Waals surface area contributed by atoms with Gasteiger partial charge in [-0.15, -0.1) is 0 Å². The van der Waals surface area contributed by atoms with Crippen molar-refractivity contribution in [1.82, 2.24) is 0 Å². The highest BCUT2D eigenvalue weighted by Crippen LogP contribution is 2.01. The van der Waals surface area contributed by atoms with E-state index in [9.17, 15) is 0 Å². The second-order valence-electron chi connectivity index (χ2n) is 2.92. The van der Waals surface area contributed by atoms with E-state index in [2.05, 4.69) is 13.8 Å². The molecule has 0 bridgehead atoms. The molecular weight excluding hydrogens is 128 g/mol. The fourth-order valence-electron chi connectivity index (χ4n) is 0.558. The van der Waals surface area contributed by atoms with Gasteiger partial charge in [-0.3, -0.25) is 0 Å². The van der Waals surface area contributed by atoms with E-state index >= 15 is 0 Å². The van der Waals surface area contributed by atoms with E-state index in [-0.39, 0.29) is 0 Å². The summed E-state index contributed by atoms with van der Waals surface area (Å²) in [5.41, 5.74) is 0. The van der Waals surface area contributed by atoms with Gasteiger partial charge in [-0.1, -0.05) is 20.8 Å². The molecule has 1 unspecified atom stereocenters. The third kappa shape index (κ3) is 6.05. The van der Waals surface area contributed by atoms with Crippen molar-refractivity contribution in [3.8, 4) is 0 Å². The SMILES string of the molecule is CCC(O)OCCC(C)C. The maximum atomic E-state index is 8.95. The monoisotopic (exact) mass is 146 g/mol. The summed E-state index contributed by atoms with van der Waals surface area (Å²) in [5.74, 6) is 0.657. The Bertz CT molecular complexity index is 71.7. The molecule has 0 saturated carbocycles. The molecule has 0 aromatic heterocycles. The van der Waals surface area contributed by atoms with E-state index in [4.69, 9.17) is 9.84 Å². The fourth-order valence-corrected chi connectivity index (χ4v) is 0.558. The van der Waals surface area contributed by atoms with Crippen LogP contribution in [-0.2, 0) is 4.74 Å².